The second kappa shape index (κ2) is 11.7. The highest BCUT2D eigenvalue weighted by molar-refractivity contribution is 5.92. The van der Waals surface area contributed by atoms with Crippen LogP contribution in [0.5, 0.6) is 11.5 Å². The van der Waals surface area contributed by atoms with E-state index in [1.807, 2.05) is 84.9 Å². The smallest absolute Gasteiger partial charge is 0.339 e. The Morgan fingerprint density at radius 2 is 1.27 bits per heavy atom. The maximum absolute atomic E-state index is 12.1. The van der Waals surface area contributed by atoms with Gasteiger partial charge in [0.2, 0.25) is 0 Å². The van der Waals surface area contributed by atoms with E-state index in [1.54, 1.807) is 12.1 Å². The summed E-state index contributed by atoms with van der Waals surface area (Å²) in [5.74, 6) is -0.0604. The zero-order valence-electron chi connectivity index (χ0n) is 20.3. The Kier molecular flexibility index (Phi) is 7.79. The molecule has 1 aliphatic rings. The van der Waals surface area contributed by atoms with Crippen molar-refractivity contribution in [3.63, 3.8) is 0 Å². The van der Waals surface area contributed by atoms with Gasteiger partial charge in [0.05, 0.1) is 18.8 Å². The van der Waals surface area contributed by atoms with Crippen LogP contribution in [0.3, 0.4) is 0 Å². The van der Waals surface area contributed by atoms with Gasteiger partial charge >= 0.3 is 5.97 Å². The average molecular weight is 497 g/mol. The highest BCUT2D eigenvalue weighted by Gasteiger charge is 2.22. The minimum Gasteiger partial charge on any atom is -0.488 e. The van der Waals surface area contributed by atoms with Gasteiger partial charge in [0.15, 0.2) is 6.29 Å². The van der Waals surface area contributed by atoms with Crippen LogP contribution in [-0.4, -0.2) is 24.3 Å². The number of aromatic carboxylic acids is 1. The molecule has 37 heavy (non-hydrogen) atoms. The lowest BCUT2D eigenvalue weighted by Crippen LogP contribution is -2.18. The van der Waals surface area contributed by atoms with Crippen molar-refractivity contribution in [1.29, 1.82) is 0 Å². The van der Waals surface area contributed by atoms with Crippen molar-refractivity contribution in [3.05, 3.63) is 119 Å². The molecule has 0 saturated carbocycles. The van der Waals surface area contributed by atoms with E-state index in [0.29, 0.717) is 31.3 Å². The number of benzene rings is 4. The maximum Gasteiger partial charge on any atom is 0.339 e. The molecule has 1 N–H and O–H groups in total. The molecule has 0 aromatic heterocycles. The zero-order valence-corrected chi connectivity index (χ0v) is 20.3. The van der Waals surface area contributed by atoms with Crippen LogP contribution in [0, 0.1) is 0 Å². The van der Waals surface area contributed by atoms with Gasteiger partial charge in [-0.25, -0.2) is 4.79 Å². The number of carboxylic acid groups (broad SMARTS) is 1. The number of carbonyl (C=O) groups is 1. The lowest BCUT2D eigenvalue weighted by molar-refractivity contribution is -0.183. The van der Waals surface area contributed by atoms with Crippen LogP contribution >= 0.6 is 0 Å². The van der Waals surface area contributed by atoms with E-state index in [1.165, 1.54) is 0 Å². The fourth-order valence-corrected chi connectivity index (χ4v) is 4.18. The second-order valence-corrected chi connectivity index (χ2v) is 8.74. The van der Waals surface area contributed by atoms with E-state index >= 15 is 0 Å². The van der Waals surface area contributed by atoms with E-state index in [4.69, 9.17) is 18.9 Å². The number of hydrogen-bond donors (Lipinski definition) is 1. The van der Waals surface area contributed by atoms with Gasteiger partial charge in [0.1, 0.15) is 30.3 Å². The normalized spacial score (nSPS) is 13.7. The molecule has 4 aromatic carbocycles. The topological polar surface area (TPSA) is 74.2 Å². The fraction of sp³-hybridized carbons (Fsp3) is 0.194. The van der Waals surface area contributed by atoms with Crippen LogP contribution in [0.1, 0.15) is 39.8 Å². The van der Waals surface area contributed by atoms with E-state index in [-0.39, 0.29) is 12.2 Å². The van der Waals surface area contributed by atoms with Gasteiger partial charge in [-0.2, -0.15) is 0 Å². The average Bonchev–Trinajstić information content (AvgIpc) is 2.96. The quantitative estimate of drug-likeness (QED) is 0.280. The molecule has 1 saturated heterocycles. The summed E-state index contributed by atoms with van der Waals surface area (Å²) in [5, 5.41) is 9.87. The summed E-state index contributed by atoms with van der Waals surface area (Å²) in [4.78, 5) is 12.1. The third kappa shape index (κ3) is 6.17. The number of rotatable bonds is 9. The van der Waals surface area contributed by atoms with Crippen LogP contribution in [0.15, 0.2) is 97.1 Å². The summed E-state index contributed by atoms with van der Waals surface area (Å²) in [6, 6.07) is 30.5. The first-order valence-electron chi connectivity index (χ1n) is 12.3. The van der Waals surface area contributed by atoms with Gasteiger partial charge in [0.25, 0.3) is 0 Å². The molecule has 1 fully saturated rings. The molecule has 0 aliphatic carbocycles. The highest BCUT2D eigenvalue weighted by Crippen LogP contribution is 2.36. The van der Waals surface area contributed by atoms with Gasteiger partial charge in [-0.3, -0.25) is 0 Å². The molecule has 4 aromatic rings. The Morgan fingerprint density at radius 1 is 0.730 bits per heavy atom. The van der Waals surface area contributed by atoms with E-state index in [0.717, 1.165) is 34.2 Å². The third-order valence-electron chi connectivity index (χ3n) is 6.11. The fourth-order valence-electron chi connectivity index (χ4n) is 4.18. The predicted molar refractivity (Wildman–Crippen MR) is 140 cm³/mol. The van der Waals surface area contributed by atoms with Crippen molar-refractivity contribution in [1.82, 2.24) is 0 Å². The van der Waals surface area contributed by atoms with Crippen molar-refractivity contribution in [2.24, 2.45) is 0 Å². The summed E-state index contributed by atoms with van der Waals surface area (Å²) in [6.45, 7) is 1.90. The molecule has 0 atom stereocenters. The predicted octanol–water partition coefficient (Wildman–Crippen LogP) is 6.65. The number of carboxylic acids is 1. The number of ether oxygens (including phenoxy) is 4. The molecule has 1 aliphatic heterocycles. The standard InChI is InChI=1S/C31H28O6/c32-30(33)26-18-24(12-14-28(26)36-20-22-8-3-1-4-9-22)25-13-15-29(37-21-23-10-5-2-6-11-23)27(19-25)31-34-16-7-17-35-31/h1-6,8-15,18-19,31H,7,16-17,20-21H2,(H,32,33). The summed E-state index contributed by atoms with van der Waals surface area (Å²) in [7, 11) is 0. The number of hydrogen-bond acceptors (Lipinski definition) is 5. The first-order valence-corrected chi connectivity index (χ1v) is 12.3. The molecule has 0 bridgehead atoms. The third-order valence-corrected chi connectivity index (χ3v) is 6.11. The monoisotopic (exact) mass is 496 g/mol. The highest BCUT2D eigenvalue weighted by atomic mass is 16.7. The summed E-state index contributed by atoms with van der Waals surface area (Å²) < 4.78 is 23.8. The Morgan fingerprint density at radius 3 is 1.86 bits per heavy atom. The first kappa shape index (κ1) is 24.6. The van der Waals surface area contributed by atoms with Crippen LogP contribution in [0.4, 0.5) is 0 Å². The molecule has 0 spiro atoms. The summed E-state index contributed by atoms with van der Waals surface area (Å²) in [5.41, 5.74) is 4.47. The van der Waals surface area contributed by atoms with Crippen LogP contribution in [0.25, 0.3) is 11.1 Å². The first-order chi connectivity index (χ1) is 18.2. The molecule has 5 rings (SSSR count). The molecular weight excluding hydrogens is 468 g/mol. The van der Waals surface area contributed by atoms with Crippen molar-refractivity contribution in [3.8, 4) is 22.6 Å². The van der Waals surface area contributed by atoms with Gasteiger partial charge < -0.3 is 24.1 Å². The molecule has 6 heteroatoms. The molecule has 6 nitrogen and oxygen atoms in total. The van der Waals surface area contributed by atoms with E-state index in [2.05, 4.69) is 0 Å². The van der Waals surface area contributed by atoms with Crippen molar-refractivity contribution in [2.45, 2.75) is 25.9 Å². The molecule has 0 unspecified atom stereocenters. The lowest BCUT2D eigenvalue weighted by atomic mass is 9.99. The van der Waals surface area contributed by atoms with Crippen LogP contribution < -0.4 is 9.47 Å². The zero-order chi connectivity index (χ0) is 25.5. The van der Waals surface area contributed by atoms with Crippen molar-refractivity contribution < 1.29 is 28.8 Å². The van der Waals surface area contributed by atoms with Crippen LogP contribution in [-0.2, 0) is 22.7 Å². The lowest BCUT2D eigenvalue weighted by Gasteiger charge is -2.26. The Balaban J connectivity index is 1.42. The molecule has 188 valence electrons. The Labute approximate surface area is 216 Å². The summed E-state index contributed by atoms with van der Waals surface area (Å²) >= 11 is 0. The van der Waals surface area contributed by atoms with Gasteiger partial charge in [-0.05, 0) is 52.9 Å². The Bertz CT molecular complexity index is 1330. The minimum absolute atomic E-state index is 0.101. The maximum atomic E-state index is 12.1. The molecule has 0 radical (unpaired) electrons. The van der Waals surface area contributed by atoms with Crippen LogP contribution in [0.2, 0.25) is 0 Å². The van der Waals surface area contributed by atoms with Gasteiger partial charge in [0, 0.05) is 0 Å². The van der Waals surface area contributed by atoms with E-state index in [9.17, 15) is 9.90 Å². The van der Waals surface area contributed by atoms with Crippen molar-refractivity contribution in [2.75, 3.05) is 13.2 Å². The van der Waals surface area contributed by atoms with Gasteiger partial charge in [-0.1, -0.05) is 72.8 Å². The SMILES string of the molecule is O=C(O)c1cc(-c2ccc(OCc3ccccc3)c(C3OCCCO3)c2)ccc1OCc1ccccc1. The van der Waals surface area contributed by atoms with E-state index < -0.39 is 12.3 Å². The molecule has 1 heterocycles. The molecular formula is C31H28O6. The largest absolute Gasteiger partial charge is 0.488 e. The van der Waals surface area contributed by atoms with Gasteiger partial charge in [-0.15, -0.1) is 0 Å². The Hall–Kier alpha value is -4.13. The summed E-state index contributed by atoms with van der Waals surface area (Å²) in [6.07, 6.45) is 0.287. The second-order valence-electron chi connectivity index (χ2n) is 8.74. The molecule has 0 amide bonds. The van der Waals surface area contributed by atoms with Crippen molar-refractivity contribution >= 4 is 5.97 Å². The minimum atomic E-state index is -1.05.